The molecule has 0 aliphatic heterocycles. The molecule has 84 valence electrons. The average molecular weight is 198 g/mol. The summed E-state index contributed by atoms with van der Waals surface area (Å²) in [5.41, 5.74) is 6.09. The quantitative estimate of drug-likeness (QED) is 0.687. The molecule has 0 fully saturated rings. The fourth-order valence-corrected chi connectivity index (χ4v) is 1.28. The first-order valence-corrected chi connectivity index (χ1v) is 5.31. The third kappa shape index (κ3) is 6.17. The van der Waals surface area contributed by atoms with Crippen LogP contribution in [0.2, 0.25) is 0 Å². The molecule has 0 aromatic heterocycles. The summed E-state index contributed by atoms with van der Waals surface area (Å²) < 4.78 is 0. The first-order chi connectivity index (χ1) is 6.17. The van der Waals surface area contributed by atoms with Gasteiger partial charge in [0.25, 0.3) is 0 Å². The highest BCUT2D eigenvalue weighted by atomic mass is 15.2. The van der Waals surface area contributed by atoms with E-state index in [1.807, 2.05) is 6.08 Å². The number of nitrogens with zero attached hydrogens (tertiary/aromatic N) is 1. The van der Waals surface area contributed by atoms with Crippen molar-refractivity contribution in [1.29, 1.82) is 0 Å². The van der Waals surface area contributed by atoms with Crippen LogP contribution < -0.4 is 5.73 Å². The minimum Gasteiger partial charge on any atom is -0.326 e. The van der Waals surface area contributed by atoms with Gasteiger partial charge in [-0.2, -0.15) is 0 Å². The van der Waals surface area contributed by atoms with Crippen LogP contribution in [0.5, 0.6) is 0 Å². The maximum Gasteiger partial charge on any atom is 0.0165 e. The van der Waals surface area contributed by atoms with Gasteiger partial charge in [-0.1, -0.05) is 6.08 Å². The molecular formula is C12H26N2. The molecular weight excluding hydrogens is 172 g/mol. The summed E-state index contributed by atoms with van der Waals surface area (Å²) in [7, 11) is 0. The fraction of sp³-hybridized carbons (Fsp3) is 0.833. The molecule has 0 unspecified atom stereocenters. The summed E-state index contributed by atoms with van der Waals surface area (Å²) in [6, 6.07) is 0. The van der Waals surface area contributed by atoms with E-state index in [0.717, 1.165) is 19.5 Å². The Balaban J connectivity index is 4.18. The molecule has 0 aliphatic rings. The van der Waals surface area contributed by atoms with E-state index in [0.29, 0.717) is 0 Å². The van der Waals surface area contributed by atoms with E-state index < -0.39 is 0 Å². The molecule has 0 aliphatic carbocycles. The van der Waals surface area contributed by atoms with Crippen LogP contribution >= 0.6 is 0 Å². The number of rotatable bonds is 5. The zero-order valence-corrected chi connectivity index (χ0v) is 10.4. The van der Waals surface area contributed by atoms with Crippen molar-refractivity contribution < 1.29 is 0 Å². The van der Waals surface area contributed by atoms with Gasteiger partial charge in [-0.15, -0.1) is 6.58 Å². The Morgan fingerprint density at radius 3 is 2.00 bits per heavy atom. The van der Waals surface area contributed by atoms with Gasteiger partial charge in [0.15, 0.2) is 0 Å². The minimum atomic E-state index is -0.0787. The minimum absolute atomic E-state index is 0.0787. The third-order valence-electron chi connectivity index (χ3n) is 2.32. The van der Waals surface area contributed by atoms with Gasteiger partial charge in [0.05, 0.1) is 0 Å². The molecule has 0 heterocycles. The second kappa shape index (κ2) is 4.94. The van der Waals surface area contributed by atoms with E-state index in [-0.39, 0.29) is 11.1 Å². The van der Waals surface area contributed by atoms with E-state index in [2.05, 4.69) is 46.1 Å². The van der Waals surface area contributed by atoms with Crippen LogP contribution in [0.1, 0.15) is 41.0 Å². The van der Waals surface area contributed by atoms with Crippen molar-refractivity contribution in [2.75, 3.05) is 13.1 Å². The summed E-state index contributed by atoms with van der Waals surface area (Å²) >= 11 is 0. The largest absolute Gasteiger partial charge is 0.326 e. The SMILES string of the molecule is C=CCN(CCC(C)(C)N)C(C)(C)C. The Labute approximate surface area is 89.2 Å². The predicted octanol–water partition coefficient (Wildman–Crippen LogP) is 2.40. The van der Waals surface area contributed by atoms with Crippen molar-refractivity contribution in [3.05, 3.63) is 12.7 Å². The number of hydrogen-bond acceptors (Lipinski definition) is 2. The highest BCUT2D eigenvalue weighted by molar-refractivity contribution is 4.85. The first-order valence-electron chi connectivity index (χ1n) is 5.31. The molecule has 0 aromatic carbocycles. The zero-order valence-electron chi connectivity index (χ0n) is 10.4. The molecule has 0 saturated carbocycles. The van der Waals surface area contributed by atoms with Gasteiger partial charge in [0.2, 0.25) is 0 Å². The van der Waals surface area contributed by atoms with E-state index in [1.165, 1.54) is 0 Å². The summed E-state index contributed by atoms with van der Waals surface area (Å²) in [4.78, 5) is 2.40. The van der Waals surface area contributed by atoms with Gasteiger partial charge in [-0.05, 0) is 41.0 Å². The third-order valence-corrected chi connectivity index (χ3v) is 2.32. The lowest BCUT2D eigenvalue weighted by Gasteiger charge is -2.36. The van der Waals surface area contributed by atoms with Crippen LogP contribution in [0.4, 0.5) is 0 Å². The Morgan fingerprint density at radius 1 is 1.21 bits per heavy atom. The van der Waals surface area contributed by atoms with Crippen LogP contribution in [0, 0.1) is 0 Å². The predicted molar refractivity (Wildman–Crippen MR) is 64.4 cm³/mol. The lowest BCUT2D eigenvalue weighted by Crippen LogP contribution is -2.45. The standard InChI is InChI=1S/C12H26N2/c1-7-9-14(11(2,3)4)10-8-12(5,6)13/h7H,1,8-10,13H2,2-6H3. The molecule has 0 radical (unpaired) electrons. The fourth-order valence-electron chi connectivity index (χ4n) is 1.28. The molecule has 2 heteroatoms. The molecule has 0 saturated heterocycles. The molecule has 2 nitrogen and oxygen atoms in total. The van der Waals surface area contributed by atoms with Gasteiger partial charge >= 0.3 is 0 Å². The van der Waals surface area contributed by atoms with Crippen molar-refractivity contribution >= 4 is 0 Å². The zero-order chi connectivity index (χ0) is 11.4. The van der Waals surface area contributed by atoms with Crippen LogP contribution in [-0.2, 0) is 0 Å². The van der Waals surface area contributed by atoms with Gasteiger partial charge in [-0.25, -0.2) is 0 Å². The Kier molecular flexibility index (Phi) is 4.82. The average Bonchev–Trinajstić information content (AvgIpc) is 1.93. The lowest BCUT2D eigenvalue weighted by atomic mass is 9.99. The molecule has 0 aromatic rings. The van der Waals surface area contributed by atoms with Crippen molar-refractivity contribution in [3.8, 4) is 0 Å². The Morgan fingerprint density at radius 2 is 1.71 bits per heavy atom. The number of hydrogen-bond donors (Lipinski definition) is 1. The van der Waals surface area contributed by atoms with Crippen molar-refractivity contribution in [1.82, 2.24) is 4.90 Å². The van der Waals surface area contributed by atoms with Crippen molar-refractivity contribution in [2.45, 2.75) is 52.1 Å². The normalized spacial score (nSPS) is 13.4. The molecule has 0 rings (SSSR count). The lowest BCUT2D eigenvalue weighted by molar-refractivity contribution is 0.143. The summed E-state index contributed by atoms with van der Waals surface area (Å²) in [5, 5.41) is 0. The highest BCUT2D eigenvalue weighted by Gasteiger charge is 2.21. The second-order valence-corrected chi connectivity index (χ2v) is 5.64. The molecule has 0 bridgehead atoms. The van der Waals surface area contributed by atoms with Crippen LogP contribution in [0.15, 0.2) is 12.7 Å². The monoisotopic (exact) mass is 198 g/mol. The van der Waals surface area contributed by atoms with Gasteiger partial charge < -0.3 is 5.73 Å². The summed E-state index contributed by atoms with van der Waals surface area (Å²) in [6.07, 6.45) is 2.97. The summed E-state index contributed by atoms with van der Waals surface area (Å²) in [5.74, 6) is 0. The summed E-state index contributed by atoms with van der Waals surface area (Å²) in [6.45, 7) is 16.6. The van der Waals surface area contributed by atoms with Crippen LogP contribution in [0.25, 0.3) is 0 Å². The molecule has 0 spiro atoms. The van der Waals surface area contributed by atoms with Gasteiger partial charge in [0, 0.05) is 24.2 Å². The number of nitrogens with two attached hydrogens (primary N) is 1. The van der Waals surface area contributed by atoms with Crippen LogP contribution in [0.3, 0.4) is 0 Å². The second-order valence-electron chi connectivity index (χ2n) is 5.64. The highest BCUT2D eigenvalue weighted by Crippen LogP contribution is 2.15. The Bertz CT molecular complexity index is 172. The van der Waals surface area contributed by atoms with E-state index in [4.69, 9.17) is 5.73 Å². The van der Waals surface area contributed by atoms with Crippen LogP contribution in [-0.4, -0.2) is 29.1 Å². The van der Waals surface area contributed by atoms with Crippen molar-refractivity contribution in [2.24, 2.45) is 5.73 Å². The maximum atomic E-state index is 5.97. The maximum absolute atomic E-state index is 5.97. The van der Waals surface area contributed by atoms with Gasteiger partial charge in [-0.3, -0.25) is 4.90 Å². The molecule has 14 heavy (non-hydrogen) atoms. The van der Waals surface area contributed by atoms with Gasteiger partial charge in [0.1, 0.15) is 0 Å². The van der Waals surface area contributed by atoms with E-state index in [1.54, 1.807) is 0 Å². The molecule has 0 atom stereocenters. The Hall–Kier alpha value is -0.340. The van der Waals surface area contributed by atoms with E-state index >= 15 is 0 Å². The first kappa shape index (κ1) is 13.7. The van der Waals surface area contributed by atoms with E-state index in [9.17, 15) is 0 Å². The molecule has 0 amide bonds. The topological polar surface area (TPSA) is 29.3 Å². The molecule has 2 N–H and O–H groups in total. The smallest absolute Gasteiger partial charge is 0.0165 e. The van der Waals surface area contributed by atoms with Crippen molar-refractivity contribution in [3.63, 3.8) is 0 Å².